The van der Waals surface area contributed by atoms with E-state index < -0.39 is 0 Å². The van der Waals surface area contributed by atoms with Crippen molar-refractivity contribution in [1.29, 1.82) is 0 Å². The Balaban J connectivity index is 1.37. The fourth-order valence-electron chi connectivity index (χ4n) is 6.34. The van der Waals surface area contributed by atoms with E-state index in [2.05, 4.69) is 60.7 Å². The maximum Gasteiger partial charge on any atom is 0.124 e. The first-order valence-corrected chi connectivity index (χ1v) is 15.3. The van der Waals surface area contributed by atoms with Gasteiger partial charge in [-0.3, -0.25) is 9.98 Å². The maximum atomic E-state index is 11.0. The molecule has 2 N–H and O–H groups in total. The fraction of sp³-hybridized carbons (Fsp3) is 0.150. The first kappa shape index (κ1) is 27.6. The summed E-state index contributed by atoms with van der Waals surface area (Å²) in [5.74, 6) is 0.419. The predicted octanol–water partition coefficient (Wildman–Crippen LogP) is 9.09. The molecule has 1 saturated carbocycles. The molecular formula is C40H34N2O2. The van der Waals surface area contributed by atoms with Crippen molar-refractivity contribution in [3.8, 4) is 11.5 Å². The molecule has 6 aromatic carbocycles. The zero-order valence-electron chi connectivity index (χ0n) is 24.5. The largest absolute Gasteiger partial charge is 0.507 e. The number of aliphatic imine (C=N–C) groups is 2. The summed E-state index contributed by atoms with van der Waals surface area (Å²) in [6.07, 6.45) is 3.91. The smallest absolute Gasteiger partial charge is 0.124 e. The van der Waals surface area contributed by atoms with Crippen molar-refractivity contribution in [2.75, 3.05) is 0 Å². The molecule has 7 rings (SSSR count). The number of phenols is 2. The fourth-order valence-corrected chi connectivity index (χ4v) is 6.34. The molecule has 0 spiro atoms. The second-order valence-electron chi connectivity index (χ2n) is 11.5. The number of rotatable bonds is 6. The molecule has 0 aromatic heterocycles. The van der Waals surface area contributed by atoms with E-state index in [0.717, 1.165) is 69.8 Å². The Morgan fingerprint density at radius 3 is 1.27 bits per heavy atom. The van der Waals surface area contributed by atoms with Gasteiger partial charge in [-0.05, 0) is 70.8 Å². The summed E-state index contributed by atoms with van der Waals surface area (Å²) in [5, 5.41) is 26.5. The lowest BCUT2D eigenvalue weighted by atomic mass is 9.89. The van der Waals surface area contributed by atoms with Crippen LogP contribution in [0, 0.1) is 0 Å². The van der Waals surface area contributed by atoms with E-state index in [4.69, 9.17) is 9.98 Å². The van der Waals surface area contributed by atoms with Gasteiger partial charge in [-0.25, -0.2) is 0 Å². The Morgan fingerprint density at radius 1 is 0.455 bits per heavy atom. The van der Waals surface area contributed by atoms with Crippen LogP contribution in [0.5, 0.6) is 11.5 Å². The molecule has 1 fully saturated rings. The average molecular weight is 575 g/mol. The number of nitrogens with zero attached hydrogens (tertiary/aromatic N) is 2. The van der Waals surface area contributed by atoms with Crippen molar-refractivity contribution in [2.24, 2.45) is 9.98 Å². The van der Waals surface area contributed by atoms with Crippen LogP contribution in [-0.4, -0.2) is 33.7 Å². The van der Waals surface area contributed by atoms with Gasteiger partial charge in [0.2, 0.25) is 0 Å². The lowest BCUT2D eigenvalue weighted by Gasteiger charge is -2.28. The molecule has 0 aliphatic heterocycles. The molecule has 6 aromatic rings. The van der Waals surface area contributed by atoms with Gasteiger partial charge in [0, 0.05) is 22.3 Å². The molecule has 0 unspecified atom stereocenters. The molecule has 0 heterocycles. The number of benzene rings is 6. The van der Waals surface area contributed by atoms with E-state index in [1.165, 1.54) is 0 Å². The summed E-state index contributed by atoms with van der Waals surface area (Å²) in [4.78, 5) is 10.8. The van der Waals surface area contributed by atoms with Crippen LogP contribution in [0.4, 0.5) is 0 Å². The van der Waals surface area contributed by atoms with Crippen molar-refractivity contribution in [2.45, 2.75) is 37.8 Å². The van der Waals surface area contributed by atoms with Crippen molar-refractivity contribution in [3.63, 3.8) is 0 Å². The molecule has 4 heteroatoms. The van der Waals surface area contributed by atoms with Gasteiger partial charge in [0.05, 0.1) is 23.5 Å². The van der Waals surface area contributed by atoms with Gasteiger partial charge in [-0.1, -0.05) is 110 Å². The highest BCUT2D eigenvalue weighted by molar-refractivity contribution is 6.16. The quantitative estimate of drug-likeness (QED) is 0.195. The van der Waals surface area contributed by atoms with Crippen LogP contribution in [0.2, 0.25) is 0 Å². The molecular weight excluding hydrogens is 540 g/mol. The number of phenolic OH excluding ortho intramolecular Hbond substituents is 2. The minimum absolute atomic E-state index is 0.0915. The third kappa shape index (κ3) is 5.59. The standard InChI is InChI=1S/C40H34N2O2/c43-37-19-9-5-15-33(37)39(31-23-21-27-11-1-3-13-29(27)25-31)41-35-17-7-8-18-36(35)42-40(34-16-6-10-20-38(34)44)32-24-22-28-12-2-4-14-30(28)26-32/h1-6,9-16,19-26,35-36,43-44H,7-8,17-18H2/t35-,36-/m1/s1. The maximum absolute atomic E-state index is 11.0. The van der Waals surface area contributed by atoms with Crippen molar-refractivity contribution in [1.82, 2.24) is 0 Å². The zero-order chi connectivity index (χ0) is 29.9. The predicted molar refractivity (Wildman–Crippen MR) is 181 cm³/mol. The van der Waals surface area contributed by atoms with E-state index in [-0.39, 0.29) is 23.6 Å². The van der Waals surface area contributed by atoms with E-state index >= 15 is 0 Å². The summed E-state index contributed by atoms with van der Waals surface area (Å²) < 4.78 is 0. The van der Waals surface area contributed by atoms with Gasteiger partial charge in [0.15, 0.2) is 0 Å². The summed E-state index contributed by atoms with van der Waals surface area (Å²) in [7, 11) is 0. The third-order valence-electron chi connectivity index (χ3n) is 8.65. The first-order chi connectivity index (χ1) is 21.6. The number of hydrogen-bond acceptors (Lipinski definition) is 4. The number of para-hydroxylation sites is 2. The van der Waals surface area contributed by atoms with E-state index in [1.807, 2.05) is 60.7 Å². The van der Waals surface area contributed by atoms with Gasteiger partial charge < -0.3 is 10.2 Å². The van der Waals surface area contributed by atoms with Crippen molar-refractivity contribution in [3.05, 3.63) is 156 Å². The molecule has 2 atom stereocenters. The lowest BCUT2D eigenvalue weighted by Crippen LogP contribution is -2.30. The van der Waals surface area contributed by atoms with Crippen LogP contribution >= 0.6 is 0 Å². The van der Waals surface area contributed by atoms with Crippen LogP contribution in [0.3, 0.4) is 0 Å². The topological polar surface area (TPSA) is 65.2 Å². The molecule has 1 aliphatic carbocycles. The molecule has 4 nitrogen and oxygen atoms in total. The highest BCUT2D eigenvalue weighted by atomic mass is 16.3. The first-order valence-electron chi connectivity index (χ1n) is 15.3. The number of hydrogen-bond donors (Lipinski definition) is 2. The van der Waals surface area contributed by atoms with Crippen LogP contribution in [-0.2, 0) is 0 Å². The molecule has 1 aliphatic rings. The van der Waals surface area contributed by atoms with Gasteiger partial charge >= 0.3 is 0 Å². The lowest BCUT2D eigenvalue weighted by molar-refractivity contribution is 0.388. The summed E-state index contributed by atoms with van der Waals surface area (Å²) >= 11 is 0. The van der Waals surface area contributed by atoms with E-state index in [0.29, 0.717) is 11.1 Å². The van der Waals surface area contributed by atoms with Gasteiger partial charge in [0.1, 0.15) is 11.5 Å². The second kappa shape index (κ2) is 12.2. The summed E-state index contributed by atoms with van der Waals surface area (Å²) in [6.45, 7) is 0. The Bertz CT molecular complexity index is 1880. The molecule has 0 amide bonds. The summed E-state index contributed by atoms with van der Waals surface area (Å²) in [5.41, 5.74) is 4.91. The highest BCUT2D eigenvalue weighted by Crippen LogP contribution is 2.31. The van der Waals surface area contributed by atoms with Gasteiger partial charge in [-0.2, -0.15) is 0 Å². The van der Waals surface area contributed by atoms with Gasteiger partial charge in [0.25, 0.3) is 0 Å². The summed E-state index contributed by atoms with van der Waals surface area (Å²) in [6, 6.07) is 44.0. The Hall–Kier alpha value is -5.22. The van der Waals surface area contributed by atoms with Crippen molar-refractivity contribution >= 4 is 33.0 Å². The number of fused-ring (bicyclic) bond motifs is 2. The molecule has 0 radical (unpaired) electrons. The van der Waals surface area contributed by atoms with Crippen LogP contribution in [0.1, 0.15) is 47.9 Å². The SMILES string of the molecule is Oc1ccccc1C(=N[C@@H]1CCCC[C@H]1N=C(c1ccc2ccccc2c1)c1ccccc1O)c1ccc2ccccc2c1. The third-order valence-corrected chi connectivity index (χ3v) is 8.65. The highest BCUT2D eigenvalue weighted by Gasteiger charge is 2.27. The normalized spacial score (nSPS) is 17.6. The average Bonchev–Trinajstić information content (AvgIpc) is 3.07. The molecule has 216 valence electrons. The minimum Gasteiger partial charge on any atom is -0.507 e. The zero-order valence-corrected chi connectivity index (χ0v) is 24.5. The monoisotopic (exact) mass is 574 g/mol. The molecule has 44 heavy (non-hydrogen) atoms. The van der Waals surface area contributed by atoms with Crippen molar-refractivity contribution < 1.29 is 10.2 Å². The molecule has 0 saturated heterocycles. The minimum atomic E-state index is -0.0915. The van der Waals surface area contributed by atoms with Crippen LogP contribution < -0.4 is 0 Å². The van der Waals surface area contributed by atoms with E-state index in [1.54, 1.807) is 12.1 Å². The van der Waals surface area contributed by atoms with Crippen LogP contribution in [0.15, 0.2) is 143 Å². The molecule has 0 bridgehead atoms. The van der Waals surface area contributed by atoms with E-state index in [9.17, 15) is 10.2 Å². The van der Waals surface area contributed by atoms with Gasteiger partial charge in [-0.15, -0.1) is 0 Å². The Labute approximate surface area is 257 Å². The Morgan fingerprint density at radius 2 is 0.841 bits per heavy atom. The Kier molecular flexibility index (Phi) is 7.64. The van der Waals surface area contributed by atoms with Crippen LogP contribution in [0.25, 0.3) is 21.5 Å². The second-order valence-corrected chi connectivity index (χ2v) is 11.5. The number of aromatic hydroxyl groups is 2.